The average molecular weight is 455 g/mol. The summed E-state index contributed by atoms with van der Waals surface area (Å²) in [5, 5.41) is 32.9. The number of H-pyrrole nitrogens is 1. The normalized spacial score (nSPS) is 23.3. The predicted molar refractivity (Wildman–Crippen MR) is 119 cm³/mol. The quantitative estimate of drug-likeness (QED) is 0.274. The van der Waals surface area contributed by atoms with Gasteiger partial charge in [0.2, 0.25) is 5.95 Å². The lowest BCUT2D eigenvalue weighted by Gasteiger charge is -2.19. The van der Waals surface area contributed by atoms with E-state index in [0.717, 1.165) is 16.3 Å². The minimum atomic E-state index is -1.36. The molecular weight excluding hydrogens is 434 g/mol. The summed E-state index contributed by atoms with van der Waals surface area (Å²) in [6.07, 6.45) is -4.75. The fourth-order valence-electron chi connectivity index (χ4n) is 3.97. The summed E-state index contributed by atoms with van der Waals surface area (Å²) in [6.45, 7) is -0.476. The van der Waals surface area contributed by atoms with Gasteiger partial charge in [-0.1, -0.05) is 54.2 Å². The summed E-state index contributed by atoms with van der Waals surface area (Å²) in [6, 6.07) is 14.0. The number of ether oxygens (including phenoxy) is 1. The maximum absolute atomic E-state index is 12.4. The number of nitrogens with one attached hydrogen (secondary N) is 1. The van der Waals surface area contributed by atoms with Gasteiger partial charge in [0.1, 0.15) is 18.3 Å². The number of fused-ring (bicyclic) bond motifs is 2. The van der Waals surface area contributed by atoms with Gasteiger partial charge in [-0.15, -0.1) is 0 Å². The molecule has 2 aromatic heterocycles. The Morgan fingerprint density at radius 2 is 1.91 bits per heavy atom. The van der Waals surface area contributed by atoms with Gasteiger partial charge in [0.15, 0.2) is 22.5 Å². The standard InChI is InChI=1S/C21H21N5O5S/c22-20-24-17-14(18(30)25-20)23-21(26(17)19-16(29)15(28)13(8-27)31-19)32-9-11-6-3-5-10-4-1-2-7-12(10)11/h1-7,13,15-16,19,27-29H,8-9H2,(H3,22,24,25,30)/t13-,15-,16-,19-/m0/s1. The Kier molecular flexibility index (Phi) is 5.35. The van der Waals surface area contributed by atoms with Gasteiger partial charge in [-0.05, 0) is 16.3 Å². The van der Waals surface area contributed by atoms with Crippen LogP contribution < -0.4 is 11.3 Å². The first-order valence-corrected chi connectivity index (χ1v) is 11.0. The zero-order chi connectivity index (χ0) is 22.4. The van der Waals surface area contributed by atoms with E-state index >= 15 is 0 Å². The van der Waals surface area contributed by atoms with Gasteiger partial charge in [-0.25, -0.2) is 4.98 Å². The zero-order valence-corrected chi connectivity index (χ0v) is 17.6. The molecule has 1 aliphatic rings. The molecule has 0 radical (unpaired) electrons. The highest BCUT2D eigenvalue weighted by atomic mass is 32.2. The third-order valence-electron chi connectivity index (χ3n) is 5.54. The van der Waals surface area contributed by atoms with Crippen LogP contribution in [0.3, 0.4) is 0 Å². The summed E-state index contributed by atoms with van der Waals surface area (Å²) in [7, 11) is 0. The number of thioether (sulfide) groups is 1. The van der Waals surface area contributed by atoms with Gasteiger partial charge in [0.25, 0.3) is 5.56 Å². The van der Waals surface area contributed by atoms with Crippen molar-refractivity contribution in [2.24, 2.45) is 0 Å². The fourth-order valence-corrected chi connectivity index (χ4v) is 4.99. The number of aliphatic hydroxyl groups is 3. The van der Waals surface area contributed by atoms with Gasteiger partial charge in [0, 0.05) is 5.75 Å². The molecule has 0 spiro atoms. The van der Waals surface area contributed by atoms with Crippen molar-refractivity contribution in [2.45, 2.75) is 35.4 Å². The number of aliphatic hydroxyl groups excluding tert-OH is 3. The van der Waals surface area contributed by atoms with E-state index in [-0.39, 0.29) is 17.1 Å². The van der Waals surface area contributed by atoms with E-state index in [2.05, 4.69) is 15.0 Å². The van der Waals surface area contributed by atoms with E-state index in [4.69, 9.17) is 10.5 Å². The Labute approximate surface area is 185 Å². The summed E-state index contributed by atoms with van der Waals surface area (Å²) in [5.74, 6) is 0.411. The minimum absolute atomic E-state index is 0.0392. The number of nitrogen functional groups attached to an aromatic ring is 1. The van der Waals surface area contributed by atoms with E-state index in [1.807, 2.05) is 42.5 Å². The van der Waals surface area contributed by atoms with Crippen molar-refractivity contribution in [3.05, 3.63) is 58.4 Å². The van der Waals surface area contributed by atoms with Gasteiger partial charge >= 0.3 is 0 Å². The third kappa shape index (κ3) is 3.44. The molecule has 0 aliphatic carbocycles. The number of hydrogen-bond donors (Lipinski definition) is 5. The molecule has 4 atom stereocenters. The van der Waals surface area contributed by atoms with Crippen LogP contribution in [0.2, 0.25) is 0 Å². The maximum Gasteiger partial charge on any atom is 0.280 e. The molecule has 0 bridgehead atoms. The first-order chi connectivity index (χ1) is 15.5. The van der Waals surface area contributed by atoms with Crippen molar-refractivity contribution >= 4 is 39.6 Å². The topological polar surface area (TPSA) is 160 Å². The molecule has 1 fully saturated rings. The van der Waals surface area contributed by atoms with E-state index in [0.29, 0.717) is 10.9 Å². The highest BCUT2D eigenvalue weighted by Gasteiger charge is 2.45. The molecule has 0 amide bonds. The van der Waals surface area contributed by atoms with Crippen LogP contribution in [0.1, 0.15) is 11.8 Å². The average Bonchev–Trinajstić information content (AvgIpc) is 3.29. The van der Waals surface area contributed by atoms with E-state index in [9.17, 15) is 20.1 Å². The van der Waals surface area contributed by atoms with Crippen molar-refractivity contribution in [3.63, 3.8) is 0 Å². The number of imidazole rings is 1. The van der Waals surface area contributed by atoms with Crippen LogP contribution in [0.25, 0.3) is 21.9 Å². The first kappa shape index (κ1) is 20.9. The number of anilines is 1. The molecular formula is C21H21N5O5S. The summed E-state index contributed by atoms with van der Waals surface area (Å²) in [4.78, 5) is 23.5. The van der Waals surface area contributed by atoms with Crippen LogP contribution in [0.5, 0.6) is 0 Å². The van der Waals surface area contributed by atoms with Crippen LogP contribution >= 0.6 is 11.8 Å². The number of benzene rings is 2. The van der Waals surface area contributed by atoms with Crippen LogP contribution in [0.4, 0.5) is 5.95 Å². The van der Waals surface area contributed by atoms with Crippen LogP contribution in [0, 0.1) is 0 Å². The predicted octanol–water partition coefficient (Wildman–Crippen LogP) is 0.759. The zero-order valence-electron chi connectivity index (χ0n) is 16.8. The molecule has 166 valence electrons. The summed E-state index contributed by atoms with van der Waals surface area (Å²) in [5.41, 5.74) is 6.44. The van der Waals surface area contributed by atoms with Gasteiger partial charge in [0.05, 0.1) is 6.61 Å². The number of nitrogens with zero attached hydrogens (tertiary/aromatic N) is 3. The maximum atomic E-state index is 12.4. The Bertz CT molecular complexity index is 1350. The number of rotatable bonds is 5. The molecule has 1 aliphatic heterocycles. The molecule has 32 heavy (non-hydrogen) atoms. The Hall–Kier alpha value is -2.96. The van der Waals surface area contributed by atoms with Gasteiger partial charge in [-0.2, -0.15) is 4.98 Å². The van der Waals surface area contributed by atoms with E-state index in [1.165, 1.54) is 16.3 Å². The number of aromatic nitrogens is 4. The molecule has 3 heterocycles. The molecule has 10 nitrogen and oxygen atoms in total. The second-order valence-corrected chi connectivity index (χ2v) is 8.49. The highest BCUT2D eigenvalue weighted by molar-refractivity contribution is 7.98. The minimum Gasteiger partial charge on any atom is -0.394 e. The number of hydrogen-bond acceptors (Lipinski definition) is 9. The van der Waals surface area contributed by atoms with Crippen LogP contribution in [-0.4, -0.2) is 59.8 Å². The Morgan fingerprint density at radius 3 is 2.69 bits per heavy atom. The molecule has 0 unspecified atom stereocenters. The molecule has 11 heteroatoms. The van der Waals surface area contributed by atoms with Gasteiger partial charge in [-0.3, -0.25) is 14.3 Å². The third-order valence-corrected chi connectivity index (χ3v) is 6.55. The smallest absolute Gasteiger partial charge is 0.280 e. The number of nitrogens with two attached hydrogens (primary N) is 1. The van der Waals surface area contributed by atoms with Crippen molar-refractivity contribution in [1.29, 1.82) is 0 Å². The monoisotopic (exact) mass is 455 g/mol. The lowest BCUT2D eigenvalue weighted by Crippen LogP contribution is -2.33. The van der Waals surface area contributed by atoms with Crippen molar-refractivity contribution in [1.82, 2.24) is 19.5 Å². The van der Waals surface area contributed by atoms with Crippen LogP contribution in [-0.2, 0) is 10.5 Å². The molecule has 1 saturated heterocycles. The number of aromatic amines is 1. The second-order valence-electron chi connectivity index (χ2n) is 7.54. The SMILES string of the molecule is Nc1nc2c(nc(SCc3cccc4ccccc34)n2[C@H]2O[C@@H](CO)[C@H](O)[C@@H]2O)c(=O)[nH]1. The van der Waals surface area contributed by atoms with Crippen molar-refractivity contribution in [2.75, 3.05) is 12.3 Å². The summed E-state index contributed by atoms with van der Waals surface area (Å²) < 4.78 is 7.16. The largest absolute Gasteiger partial charge is 0.394 e. The highest BCUT2D eigenvalue weighted by Crippen LogP contribution is 2.36. The summed E-state index contributed by atoms with van der Waals surface area (Å²) >= 11 is 1.34. The van der Waals surface area contributed by atoms with Crippen molar-refractivity contribution in [3.8, 4) is 0 Å². The van der Waals surface area contributed by atoms with Crippen molar-refractivity contribution < 1.29 is 20.1 Å². The molecule has 4 aromatic rings. The van der Waals surface area contributed by atoms with E-state index in [1.54, 1.807) is 0 Å². The molecule has 5 rings (SSSR count). The first-order valence-electron chi connectivity index (χ1n) is 9.97. The molecule has 2 aromatic carbocycles. The molecule has 0 saturated carbocycles. The van der Waals surface area contributed by atoms with Gasteiger partial charge < -0.3 is 25.8 Å². The lowest BCUT2D eigenvalue weighted by molar-refractivity contribution is -0.0548. The lowest BCUT2D eigenvalue weighted by atomic mass is 10.1. The van der Waals surface area contributed by atoms with Crippen LogP contribution in [0.15, 0.2) is 52.4 Å². The second kappa shape index (κ2) is 8.19. The Morgan fingerprint density at radius 1 is 1.12 bits per heavy atom. The Balaban J connectivity index is 1.59. The van der Waals surface area contributed by atoms with E-state index < -0.39 is 36.7 Å². The fraction of sp³-hybridized carbons (Fsp3) is 0.286. The molecule has 6 N–H and O–H groups in total.